The Morgan fingerprint density at radius 1 is 1.38 bits per heavy atom. The van der Waals surface area contributed by atoms with Gasteiger partial charge >= 0.3 is 0 Å². The van der Waals surface area contributed by atoms with Crippen LogP contribution in [0.25, 0.3) is 0 Å². The van der Waals surface area contributed by atoms with Crippen molar-refractivity contribution in [3.63, 3.8) is 0 Å². The summed E-state index contributed by atoms with van der Waals surface area (Å²) in [6.45, 7) is 0.859. The van der Waals surface area contributed by atoms with Crippen molar-refractivity contribution in [3.8, 4) is 5.75 Å². The number of fused-ring (bicyclic) bond motifs is 1. The van der Waals surface area contributed by atoms with Gasteiger partial charge in [0.05, 0.1) is 17.3 Å². The molecule has 2 rings (SSSR count). The Labute approximate surface area is 95.3 Å². The Hall–Kier alpha value is -1.07. The van der Waals surface area contributed by atoms with Crippen LogP contribution >= 0.6 is 0 Å². The van der Waals surface area contributed by atoms with Gasteiger partial charge in [-0.05, 0) is 36.6 Å². The summed E-state index contributed by atoms with van der Waals surface area (Å²) in [7, 11) is -3.22. The Morgan fingerprint density at radius 3 is 2.94 bits per heavy atom. The summed E-state index contributed by atoms with van der Waals surface area (Å²) in [4.78, 5) is 0.349. The molecule has 2 N–H and O–H groups in total. The zero-order valence-corrected chi connectivity index (χ0v) is 9.79. The molecule has 0 saturated carbocycles. The number of nitrogens with two attached hydrogens (primary N) is 1. The molecule has 0 spiro atoms. The molecule has 0 bridgehead atoms. The van der Waals surface area contributed by atoms with Crippen molar-refractivity contribution < 1.29 is 13.2 Å². The molecule has 1 heterocycles. The lowest BCUT2D eigenvalue weighted by molar-refractivity contribution is 0.288. The van der Waals surface area contributed by atoms with Gasteiger partial charge in [0.1, 0.15) is 5.75 Å². The molecule has 4 nitrogen and oxygen atoms in total. The van der Waals surface area contributed by atoms with Gasteiger partial charge in [0.2, 0.25) is 0 Å². The number of rotatable bonds is 3. The van der Waals surface area contributed by atoms with E-state index in [2.05, 4.69) is 0 Å². The Morgan fingerprint density at radius 2 is 2.19 bits per heavy atom. The smallest absolute Gasteiger partial charge is 0.179 e. The highest BCUT2D eigenvalue weighted by atomic mass is 32.2. The van der Waals surface area contributed by atoms with Crippen LogP contribution in [-0.4, -0.2) is 27.3 Å². The van der Waals surface area contributed by atoms with E-state index in [0.717, 1.165) is 24.2 Å². The monoisotopic (exact) mass is 241 g/mol. The Kier molecular flexibility index (Phi) is 3.16. The summed E-state index contributed by atoms with van der Waals surface area (Å²) in [5.41, 5.74) is 6.26. The van der Waals surface area contributed by atoms with Gasteiger partial charge in [0.25, 0.3) is 0 Å². The first-order valence-corrected chi connectivity index (χ1v) is 6.97. The summed E-state index contributed by atoms with van der Waals surface area (Å²) in [6.07, 6.45) is 1.81. The second-order valence-corrected chi connectivity index (χ2v) is 5.94. The summed E-state index contributed by atoms with van der Waals surface area (Å²) < 4.78 is 29.0. The molecule has 0 saturated heterocycles. The van der Waals surface area contributed by atoms with Crippen molar-refractivity contribution in [2.45, 2.75) is 17.7 Å². The first kappa shape index (κ1) is 11.4. The summed E-state index contributed by atoms with van der Waals surface area (Å²) >= 11 is 0. The van der Waals surface area contributed by atoms with Crippen molar-refractivity contribution in [2.75, 3.05) is 18.9 Å². The van der Waals surface area contributed by atoms with E-state index in [9.17, 15) is 8.42 Å². The van der Waals surface area contributed by atoms with Crippen LogP contribution in [0.15, 0.2) is 23.1 Å². The Balaban J connectivity index is 2.37. The fourth-order valence-electron chi connectivity index (χ4n) is 1.80. The highest BCUT2D eigenvalue weighted by molar-refractivity contribution is 7.91. The number of sulfone groups is 1. The van der Waals surface area contributed by atoms with Gasteiger partial charge in [-0.2, -0.15) is 0 Å². The average Bonchev–Trinajstić information content (AvgIpc) is 2.28. The van der Waals surface area contributed by atoms with Crippen LogP contribution in [-0.2, 0) is 16.3 Å². The predicted molar refractivity (Wildman–Crippen MR) is 61.4 cm³/mol. The van der Waals surface area contributed by atoms with Gasteiger partial charge in [0.15, 0.2) is 9.84 Å². The minimum absolute atomic E-state index is 0.00730. The molecule has 5 heteroatoms. The highest BCUT2D eigenvalue weighted by Gasteiger charge is 2.17. The number of ether oxygens (including phenoxy) is 1. The molecule has 0 amide bonds. The molecule has 1 aliphatic rings. The third-order valence-electron chi connectivity index (χ3n) is 2.63. The standard InChI is InChI=1S/C11H15NO3S/c12-5-7-16(13,14)10-3-4-11-9(8-10)2-1-6-15-11/h3-4,8H,1-2,5-7,12H2. The van der Waals surface area contributed by atoms with Crippen molar-refractivity contribution in [3.05, 3.63) is 23.8 Å². The molecule has 1 aromatic carbocycles. The summed E-state index contributed by atoms with van der Waals surface area (Å²) in [5.74, 6) is 0.796. The number of benzene rings is 1. The molecular weight excluding hydrogens is 226 g/mol. The number of hydrogen-bond acceptors (Lipinski definition) is 4. The minimum Gasteiger partial charge on any atom is -0.493 e. The van der Waals surface area contributed by atoms with Crippen molar-refractivity contribution in [1.29, 1.82) is 0 Å². The fraction of sp³-hybridized carbons (Fsp3) is 0.455. The van der Waals surface area contributed by atoms with Crippen LogP contribution < -0.4 is 10.5 Å². The van der Waals surface area contributed by atoms with Gasteiger partial charge in [-0.3, -0.25) is 0 Å². The minimum atomic E-state index is -3.22. The van der Waals surface area contributed by atoms with Crippen LogP contribution in [0.1, 0.15) is 12.0 Å². The maximum atomic E-state index is 11.8. The van der Waals surface area contributed by atoms with E-state index in [0.29, 0.717) is 11.5 Å². The maximum absolute atomic E-state index is 11.8. The maximum Gasteiger partial charge on any atom is 0.179 e. The van der Waals surface area contributed by atoms with Crippen molar-refractivity contribution in [1.82, 2.24) is 0 Å². The Bertz CT molecular complexity index is 482. The van der Waals surface area contributed by atoms with E-state index in [1.54, 1.807) is 18.2 Å². The first-order valence-electron chi connectivity index (χ1n) is 5.32. The van der Waals surface area contributed by atoms with E-state index < -0.39 is 9.84 Å². The molecule has 0 radical (unpaired) electrons. The van der Waals surface area contributed by atoms with Crippen LogP contribution in [0.3, 0.4) is 0 Å². The molecular formula is C11H15NO3S. The molecule has 0 aromatic heterocycles. The van der Waals surface area contributed by atoms with Crippen LogP contribution in [0.2, 0.25) is 0 Å². The fourth-order valence-corrected chi connectivity index (χ4v) is 2.95. The van der Waals surface area contributed by atoms with Crippen molar-refractivity contribution >= 4 is 9.84 Å². The third-order valence-corrected chi connectivity index (χ3v) is 4.37. The van der Waals surface area contributed by atoms with E-state index >= 15 is 0 Å². The predicted octanol–water partition coefficient (Wildman–Crippen LogP) is 0.744. The van der Waals surface area contributed by atoms with Gasteiger partial charge in [0, 0.05) is 6.54 Å². The van der Waals surface area contributed by atoms with E-state index in [-0.39, 0.29) is 12.3 Å². The lowest BCUT2D eigenvalue weighted by Crippen LogP contribution is -2.16. The number of hydrogen-bond donors (Lipinski definition) is 1. The van der Waals surface area contributed by atoms with E-state index in [1.165, 1.54) is 0 Å². The molecule has 0 fully saturated rings. The van der Waals surface area contributed by atoms with Gasteiger partial charge in [-0.15, -0.1) is 0 Å². The highest BCUT2D eigenvalue weighted by Crippen LogP contribution is 2.27. The van der Waals surface area contributed by atoms with E-state index in [4.69, 9.17) is 10.5 Å². The van der Waals surface area contributed by atoms with Crippen molar-refractivity contribution in [2.24, 2.45) is 5.73 Å². The molecule has 1 aliphatic heterocycles. The average molecular weight is 241 g/mol. The SMILES string of the molecule is NCCS(=O)(=O)c1ccc2c(c1)CCCO2. The second kappa shape index (κ2) is 4.43. The topological polar surface area (TPSA) is 69.4 Å². The molecule has 1 aromatic rings. The lowest BCUT2D eigenvalue weighted by atomic mass is 10.1. The molecule has 0 atom stereocenters. The third kappa shape index (κ3) is 2.20. The van der Waals surface area contributed by atoms with Crippen LogP contribution in [0, 0.1) is 0 Å². The molecule has 0 aliphatic carbocycles. The van der Waals surface area contributed by atoms with E-state index in [1.807, 2.05) is 0 Å². The van der Waals surface area contributed by atoms with Crippen LogP contribution in [0.5, 0.6) is 5.75 Å². The van der Waals surface area contributed by atoms with Gasteiger partial charge < -0.3 is 10.5 Å². The first-order chi connectivity index (χ1) is 7.63. The zero-order chi connectivity index (χ0) is 11.6. The summed E-state index contributed by atoms with van der Waals surface area (Å²) in [5, 5.41) is 0. The van der Waals surface area contributed by atoms with Gasteiger partial charge in [-0.1, -0.05) is 0 Å². The van der Waals surface area contributed by atoms with Crippen LogP contribution in [0.4, 0.5) is 0 Å². The lowest BCUT2D eigenvalue weighted by Gasteiger charge is -2.17. The zero-order valence-electron chi connectivity index (χ0n) is 8.98. The summed E-state index contributed by atoms with van der Waals surface area (Å²) in [6, 6.07) is 5.03. The normalized spacial score (nSPS) is 15.3. The largest absolute Gasteiger partial charge is 0.493 e. The second-order valence-electron chi connectivity index (χ2n) is 3.83. The number of aryl methyl sites for hydroxylation is 1. The molecule has 16 heavy (non-hydrogen) atoms. The molecule has 88 valence electrons. The molecule has 0 unspecified atom stereocenters. The van der Waals surface area contributed by atoms with Gasteiger partial charge in [-0.25, -0.2) is 8.42 Å². The quantitative estimate of drug-likeness (QED) is 0.847.